The van der Waals surface area contributed by atoms with Crippen LogP contribution < -0.4 is 5.73 Å². The maximum atomic E-state index is 10.6. The van der Waals surface area contributed by atoms with Crippen molar-refractivity contribution >= 4 is 5.69 Å². The zero-order valence-corrected chi connectivity index (χ0v) is 10.2. The van der Waals surface area contributed by atoms with E-state index in [1.54, 1.807) is 12.1 Å². The Morgan fingerprint density at radius 1 is 1.37 bits per heavy atom. The van der Waals surface area contributed by atoms with E-state index in [2.05, 4.69) is 10.1 Å². The Kier molecular flexibility index (Phi) is 2.75. The molecule has 19 heavy (non-hydrogen) atoms. The maximum Gasteiger partial charge on any atom is 0.269 e. The number of fused-ring (bicyclic) bond motifs is 1. The molecule has 2 heterocycles. The van der Waals surface area contributed by atoms with Crippen molar-refractivity contribution in [3.8, 4) is 11.4 Å². The van der Waals surface area contributed by atoms with Gasteiger partial charge in [0.25, 0.3) is 5.69 Å². The molecule has 1 aliphatic rings. The number of aryl methyl sites for hydroxylation is 1. The number of nitro benzene ring substituents is 1. The standard InChI is InChI=1S/C12H13N5O2/c13-10-2-1-7-16-12(10)14-11(15-16)8-3-5-9(6-4-8)17(18)19/h3-6,10H,1-2,7,13H2. The first kappa shape index (κ1) is 11.8. The number of hydrogen-bond donors (Lipinski definition) is 1. The third-order valence-corrected chi connectivity index (χ3v) is 3.25. The van der Waals surface area contributed by atoms with Gasteiger partial charge in [0.15, 0.2) is 5.82 Å². The summed E-state index contributed by atoms with van der Waals surface area (Å²) in [5, 5.41) is 15.0. The molecular weight excluding hydrogens is 246 g/mol. The minimum Gasteiger partial charge on any atom is -0.321 e. The van der Waals surface area contributed by atoms with Crippen molar-refractivity contribution in [3.63, 3.8) is 0 Å². The number of nitrogens with zero attached hydrogens (tertiary/aromatic N) is 4. The molecule has 0 aliphatic carbocycles. The van der Waals surface area contributed by atoms with Gasteiger partial charge in [0.1, 0.15) is 5.82 Å². The largest absolute Gasteiger partial charge is 0.321 e. The van der Waals surface area contributed by atoms with Crippen LogP contribution in [-0.2, 0) is 6.54 Å². The molecule has 0 bridgehead atoms. The fourth-order valence-electron chi connectivity index (χ4n) is 2.24. The first-order valence-electron chi connectivity index (χ1n) is 6.10. The summed E-state index contributed by atoms with van der Waals surface area (Å²) in [6, 6.07) is 6.15. The van der Waals surface area contributed by atoms with E-state index in [9.17, 15) is 10.1 Å². The molecule has 0 saturated carbocycles. The van der Waals surface area contributed by atoms with Gasteiger partial charge in [-0.15, -0.1) is 0 Å². The maximum absolute atomic E-state index is 10.6. The van der Waals surface area contributed by atoms with Crippen LogP contribution in [-0.4, -0.2) is 19.7 Å². The summed E-state index contributed by atoms with van der Waals surface area (Å²) in [4.78, 5) is 14.6. The van der Waals surface area contributed by atoms with E-state index in [0.29, 0.717) is 5.82 Å². The SMILES string of the molecule is NC1CCCn2nc(-c3ccc([N+](=O)[O-])cc3)nc21. The Morgan fingerprint density at radius 2 is 2.11 bits per heavy atom. The molecule has 1 aromatic heterocycles. The van der Waals surface area contributed by atoms with Crippen molar-refractivity contribution in [1.29, 1.82) is 0 Å². The molecule has 0 amide bonds. The van der Waals surface area contributed by atoms with E-state index in [-0.39, 0.29) is 11.7 Å². The van der Waals surface area contributed by atoms with Crippen LogP contribution in [0.15, 0.2) is 24.3 Å². The Balaban J connectivity index is 1.96. The lowest BCUT2D eigenvalue weighted by atomic mass is 10.1. The summed E-state index contributed by atoms with van der Waals surface area (Å²) in [6.07, 6.45) is 1.91. The molecule has 0 fully saturated rings. The molecule has 1 atom stereocenters. The summed E-state index contributed by atoms with van der Waals surface area (Å²) in [6.45, 7) is 0.822. The van der Waals surface area contributed by atoms with Gasteiger partial charge in [-0.1, -0.05) is 0 Å². The zero-order valence-electron chi connectivity index (χ0n) is 10.2. The first-order valence-corrected chi connectivity index (χ1v) is 6.10. The summed E-state index contributed by atoms with van der Waals surface area (Å²) in [5.74, 6) is 1.36. The number of non-ortho nitro benzene ring substituents is 1. The Bertz CT molecular complexity index is 620. The summed E-state index contributed by atoms with van der Waals surface area (Å²) < 4.78 is 1.82. The van der Waals surface area contributed by atoms with E-state index >= 15 is 0 Å². The average molecular weight is 259 g/mol. The van der Waals surface area contributed by atoms with Crippen LogP contribution in [0.2, 0.25) is 0 Å². The highest BCUT2D eigenvalue weighted by atomic mass is 16.6. The third kappa shape index (κ3) is 2.08. The molecule has 98 valence electrons. The zero-order chi connectivity index (χ0) is 13.4. The number of hydrogen-bond acceptors (Lipinski definition) is 5. The summed E-state index contributed by atoms with van der Waals surface area (Å²) in [7, 11) is 0. The number of nitrogens with two attached hydrogens (primary N) is 1. The number of aromatic nitrogens is 3. The molecule has 1 unspecified atom stereocenters. The van der Waals surface area contributed by atoms with Gasteiger partial charge in [0.2, 0.25) is 0 Å². The van der Waals surface area contributed by atoms with E-state index < -0.39 is 4.92 Å². The van der Waals surface area contributed by atoms with Crippen LogP contribution in [0.1, 0.15) is 24.7 Å². The second-order valence-electron chi connectivity index (χ2n) is 4.57. The molecule has 7 nitrogen and oxygen atoms in total. The number of rotatable bonds is 2. The van der Waals surface area contributed by atoms with Crippen LogP contribution in [0.5, 0.6) is 0 Å². The van der Waals surface area contributed by atoms with Gasteiger partial charge in [0, 0.05) is 24.2 Å². The lowest BCUT2D eigenvalue weighted by molar-refractivity contribution is -0.384. The van der Waals surface area contributed by atoms with Crippen molar-refractivity contribution in [2.24, 2.45) is 5.73 Å². The number of benzene rings is 1. The quantitative estimate of drug-likeness (QED) is 0.652. The van der Waals surface area contributed by atoms with E-state index in [1.807, 2.05) is 4.68 Å². The lowest BCUT2D eigenvalue weighted by Gasteiger charge is -2.17. The fraction of sp³-hybridized carbons (Fsp3) is 0.333. The number of nitro groups is 1. The monoisotopic (exact) mass is 259 g/mol. The molecule has 3 rings (SSSR count). The molecule has 1 aromatic carbocycles. The van der Waals surface area contributed by atoms with Gasteiger partial charge < -0.3 is 5.73 Å². The Morgan fingerprint density at radius 3 is 2.74 bits per heavy atom. The average Bonchev–Trinajstić information content (AvgIpc) is 2.84. The highest BCUT2D eigenvalue weighted by molar-refractivity contribution is 5.57. The lowest BCUT2D eigenvalue weighted by Crippen LogP contribution is -2.22. The second-order valence-corrected chi connectivity index (χ2v) is 4.57. The van der Waals surface area contributed by atoms with Crippen molar-refractivity contribution in [3.05, 3.63) is 40.2 Å². The van der Waals surface area contributed by atoms with E-state index in [1.165, 1.54) is 12.1 Å². The normalized spacial score (nSPS) is 18.1. The van der Waals surface area contributed by atoms with Gasteiger partial charge in [-0.05, 0) is 25.0 Å². The van der Waals surface area contributed by atoms with Crippen molar-refractivity contribution in [2.75, 3.05) is 0 Å². The molecule has 2 aromatic rings. The Hall–Kier alpha value is -2.28. The van der Waals surface area contributed by atoms with E-state index in [0.717, 1.165) is 30.8 Å². The van der Waals surface area contributed by atoms with Gasteiger partial charge >= 0.3 is 0 Å². The molecule has 0 radical (unpaired) electrons. The second kappa shape index (κ2) is 4.43. The Labute approximate surface area is 109 Å². The van der Waals surface area contributed by atoms with Gasteiger partial charge in [-0.2, -0.15) is 5.10 Å². The molecular formula is C12H13N5O2. The fourth-order valence-corrected chi connectivity index (χ4v) is 2.24. The van der Waals surface area contributed by atoms with Crippen molar-refractivity contribution in [2.45, 2.75) is 25.4 Å². The van der Waals surface area contributed by atoms with Crippen LogP contribution in [0.3, 0.4) is 0 Å². The smallest absolute Gasteiger partial charge is 0.269 e. The van der Waals surface area contributed by atoms with Crippen LogP contribution >= 0.6 is 0 Å². The first-order chi connectivity index (χ1) is 9.15. The van der Waals surface area contributed by atoms with Crippen molar-refractivity contribution in [1.82, 2.24) is 14.8 Å². The summed E-state index contributed by atoms with van der Waals surface area (Å²) >= 11 is 0. The summed E-state index contributed by atoms with van der Waals surface area (Å²) in [5.41, 5.74) is 6.81. The topological polar surface area (TPSA) is 99.9 Å². The third-order valence-electron chi connectivity index (χ3n) is 3.25. The van der Waals surface area contributed by atoms with Crippen LogP contribution in [0.25, 0.3) is 11.4 Å². The minimum absolute atomic E-state index is 0.0597. The molecule has 1 aliphatic heterocycles. The highest BCUT2D eigenvalue weighted by Crippen LogP contribution is 2.25. The minimum atomic E-state index is -0.425. The van der Waals surface area contributed by atoms with Crippen LogP contribution in [0.4, 0.5) is 5.69 Å². The predicted molar refractivity (Wildman–Crippen MR) is 68.3 cm³/mol. The molecule has 2 N–H and O–H groups in total. The van der Waals surface area contributed by atoms with Crippen LogP contribution in [0, 0.1) is 10.1 Å². The molecule has 0 saturated heterocycles. The van der Waals surface area contributed by atoms with Crippen molar-refractivity contribution < 1.29 is 4.92 Å². The van der Waals surface area contributed by atoms with Gasteiger partial charge in [-0.25, -0.2) is 9.67 Å². The molecule has 0 spiro atoms. The predicted octanol–water partition coefficient (Wildman–Crippen LogP) is 1.65. The van der Waals surface area contributed by atoms with E-state index in [4.69, 9.17) is 5.73 Å². The molecule has 7 heteroatoms. The highest BCUT2D eigenvalue weighted by Gasteiger charge is 2.21. The van der Waals surface area contributed by atoms with Gasteiger partial charge in [-0.3, -0.25) is 10.1 Å². The van der Waals surface area contributed by atoms with Gasteiger partial charge in [0.05, 0.1) is 11.0 Å².